The van der Waals surface area contributed by atoms with Crippen molar-refractivity contribution in [1.82, 2.24) is 9.88 Å². The molecule has 8 heteroatoms. The lowest BCUT2D eigenvalue weighted by Crippen LogP contribution is -2.35. The van der Waals surface area contributed by atoms with Gasteiger partial charge in [-0.15, -0.1) is 0 Å². The first-order chi connectivity index (χ1) is 13.4. The zero-order valence-electron chi connectivity index (χ0n) is 15.6. The van der Waals surface area contributed by atoms with Crippen molar-refractivity contribution in [2.75, 3.05) is 19.7 Å². The van der Waals surface area contributed by atoms with E-state index in [4.69, 9.17) is 39.5 Å². The normalized spacial score (nSPS) is 10.8. The fourth-order valence-electron chi connectivity index (χ4n) is 2.68. The molecular formula is C20H22BrCl3N2O2. The molecule has 1 heterocycles. The standard InChI is InChI=1S/C20H22BrCl3N2O2/c1-2-3-4-5-6-26(20(27)14-9-15(21)13-25-12-14)7-8-28-19-17(23)10-16(22)11-18(19)24/h9-13H,2-8H2,1H3. The van der Waals surface area contributed by atoms with Crippen LogP contribution in [-0.2, 0) is 0 Å². The lowest BCUT2D eigenvalue weighted by atomic mass is 10.2. The third-order valence-corrected chi connectivity index (χ3v) is 5.30. The number of pyridine rings is 1. The summed E-state index contributed by atoms with van der Waals surface area (Å²) in [5.74, 6) is 0.289. The van der Waals surface area contributed by atoms with Gasteiger partial charge < -0.3 is 9.64 Å². The Hall–Kier alpha value is -1.01. The first kappa shape index (κ1) is 23.3. The van der Waals surface area contributed by atoms with E-state index in [2.05, 4.69) is 27.8 Å². The van der Waals surface area contributed by atoms with Crippen LogP contribution in [0.1, 0.15) is 43.0 Å². The van der Waals surface area contributed by atoms with Crippen molar-refractivity contribution in [3.63, 3.8) is 0 Å². The third kappa shape index (κ3) is 7.11. The van der Waals surface area contributed by atoms with Crippen LogP contribution in [0.2, 0.25) is 15.1 Å². The van der Waals surface area contributed by atoms with Crippen LogP contribution < -0.4 is 4.74 Å². The molecule has 0 aliphatic rings. The van der Waals surface area contributed by atoms with Crippen LogP contribution in [0.5, 0.6) is 5.75 Å². The predicted octanol–water partition coefficient (Wildman–Crippen LogP) is 6.91. The quantitative estimate of drug-likeness (QED) is 0.328. The summed E-state index contributed by atoms with van der Waals surface area (Å²) < 4.78 is 6.51. The lowest BCUT2D eigenvalue weighted by molar-refractivity contribution is 0.0726. The van der Waals surface area contributed by atoms with Gasteiger partial charge in [0, 0.05) is 28.4 Å². The molecule has 0 saturated carbocycles. The van der Waals surface area contributed by atoms with E-state index in [0.29, 0.717) is 39.5 Å². The van der Waals surface area contributed by atoms with E-state index in [1.54, 1.807) is 35.5 Å². The molecule has 0 bridgehead atoms. The van der Waals surface area contributed by atoms with E-state index in [9.17, 15) is 4.79 Å². The van der Waals surface area contributed by atoms with Gasteiger partial charge in [-0.25, -0.2) is 0 Å². The van der Waals surface area contributed by atoms with E-state index in [1.165, 1.54) is 0 Å². The molecule has 1 aromatic carbocycles. The summed E-state index contributed by atoms with van der Waals surface area (Å²) in [5.41, 5.74) is 0.535. The number of ether oxygens (including phenoxy) is 1. The minimum Gasteiger partial charge on any atom is -0.489 e. The van der Waals surface area contributed by atoms with Gasteiger partial charge in [-0.05, 0) is 40.5 Å². The van der Waals surface area contributed by atoms with E-state index in [0.717, 1.165) is 30.2 Å². The van der Waals surface area contributed by atoms with Gasteiger partial charge in [-0.3, -0.25) is 9.78 Å². The molecule has 0 saturated heterocycles. The summed E-state index contributed by atoms with van der Waals surface area (Å²) in [6.07, 6.45) is 7.51. The van der Waals surface area contributed by atoms with E-state index in [1.807, 2.05) is 0 Å². The Morgan fingerprint density at radius 2 is 1.79 bits per heavy atom. The summed E-state index contributed by atoms with van der Waals surface area (Å²) in [7, 11) is 0. The zero-order valence-corrected chi connectivity index (χ0v) is 19.4. The second kappa shape index (κ2) is 11.9. The number of hydrogen-bond donors (Lipinski definition) is 0. The molecule has 0 aliphatic carbocycles. The van der Waals surface area contributed by atoms with Crippen LogP contribution in [-0.4, -0.2) is 35.5 Å². The molecule has 0 unspecified atom stereocenters. The van der Waals surface area contributed by atoms with Crippen molar-refractivity contribution >= 4 is 56.6 Å². The second-order valence-corrected chi connectivity index (χ2v) is 8.46. The van der Waals surface area contributed by atoms with Crippen LogP contribution >= 0.6 is 50.7 Å². The van der Waals surface area contributed by atoms with Gasteiger partial charge in [0.25, 0.3) is 5.91 Å². The minimum absolute atomic E-state index is 0.0813. The highest BCUT2D eigenvalue weighted by atomic mass is 79.9. The fraction of sp³-hybridized carbons (Fsp3) is 0.400. The fourth-order valence-corrected chi connectivity index (χ4v) is 3.97. The highest BCUT2D eigenvalue weighted by molar-refractivity contribution is 9.10. The second-order valence-electron chi connectivity index (χ2n) is 6.29. The molecule has 4 nitrogen and oxygen atoms in total. The summed E-state index contributed by atoms with van der Waals surface area (Å²) >= 11 is 21.6. The molecular weight excluding hydrogens is 486 g/mol. The average Bonchev–Trinajstić information content (AvgIpc) is 2.65. The number of hydrogen-bond acceptors (Lipinski definition) is 3. The number of carbonyl (C=O) groups excluding carboxylic acids is 1. The molecule has 0 radical (unpaired) electrons. The van der Waals surface area contributed by atoms with Gasteiger partial charge in [0.15, 0.2) is 5.75 Å². The van der Waals surface area contributed by atoms with E-state index < -0.39 is 0 Å². The molecule has 0 N–H and O–H groups in total. The number of amides is 1. The zero-order chi connectivity index (χ0) is 20.5. The first-order valence-corrected chi connectivity index (χ1v) is 11.0. The summed E-state index contributed by atoms with van der Waals surface area (Å²) in [4.78, 5) is 18.8. The molecule has 1 amide bonds. The van der Waals surface area contributed by atoms with Gasteiger partial charge in [0.1, 0.15) is 6.61 Å². The molecule has 152 valence electrons. The highest BCUT2D eigenvalue weighted by Crippen LogP contribution is 2.35. The number of halogens is 4. The van der Waals surface area contributed by atoms with Crippen LogP contribution in [0.25, 0.3) is 0 Å². The van der Waals surface area contributed by atoms with E-state index >= 15 is 0 Å². The number of aromatic nitrogens is 1. The van der Waals surface area contributed by atoms with Gasteiger partial charge >= 0.3 is 0 Å². The highest BCUT2D eigenvalue weighted by Gasteiger charge is 2.17. The summed E-state index contributed by atoms with van der Waals surface area (Å²) in [5, 5.41) is 1.13. The van der Waals surface area contributed by atoms with Crippen LogP contribution in [0.15, 0.2) is 35.1 Å². The molecule has 0 atom stereocenters. The Balaban J connectivity index is 2.04. The van der Waals surface area contributed by atoms with Gasteiger partial charge in [0.05, 0.1) is 22.2 Å². The molecule has 1 aromatic heterocycles. The number of nitrogens with zero attached hydrogens (tertiary/aromatic N) is 2. The molecule has 0 spiro atoms. The van der Waals surface area contributed by atoms with Crippen molar-refractivity contribution in [2.24, 2.45) is 0 Å². The van der Waals surface area contributed by atoms with Crippen LogP contribution in [0, 0.1) is 0 Å². The maximum atomic E-state index is 12.9. The van der Waals surface area contributed by atoms with Crippen molar-refractivity contribution in [3.05, 3.63) is 55.7 Å². The largest absolute Gasteiger partial charge is 0.489 e. The lowest BCUT2D eigenvalue weighted by Gasteiger charge is -2.23. The SMILES string of the molecule is CCCCCCN(CCOc1c(Cl)cc(Cl)cc1Cl)C(=O)c1cncc(Br)c1. The predicted molar refractivity (Wildman–Crippen MR) is 119 cm³/mol. The maximum absolute atomic E-state index is 12.9. The molecule has 2 aromatic rings. The number of rotatable bonds is 10. The Kier molecular flexibility index (Phi) is 9.86. The number of carbonyl (C=O) groups is 1. The van der Waals surface area contributed by atoms with Crippen molar-refractivity contribution in [1.29, 1.82) is 0 Å². The Labute approximate surface area is 189 Å². The Morgan fingerprint density at radius 1 is 1.07 bits per heavy atom. The Bertz CT molecular complexity index is 782. The average molecular weight is 509 g/mol. The topological polar surface area (TPSA) is 42.4 Å². The van der Waals surface area contributed by atoms with E-state index in [-0.39, 0.29) is 12.5 Å². The summed E-state index contributed by atoms with van der Waals surface area (Å²) in [6, 6.07) is 4.92. The van der Waals surface area contributed by atoms with Gasteiger partial charge in [-0.1, -0.05) is 61.0 Å². The monoisotopic (exact) mass is 506 g/mol. The minimum atomic E-state index is -0.0813. The van der Waals surface area contributed by atoms with Crippen molar-refractivity contribution in [3.8, 4) is 5.75 Å². The third-order valence-electron chi connectivity index (χ3n) is 4.09. The number of benzene rings is 1. The van der Waals surface area contributed by atoms with Crippen molar-refractivity contribution in [2.45, 2.75) is 32.6 Å². The first-order valence-electron chi connectivity index (χ1n) is 9.09. The maximum Gasteiger partial charge on any atom is 0.255 e. The smallest absolute Gasteiger partial charge is 0.255 e. The van der Waals surface area contributed by atoms with Gasteiger partial charge in [-0.2, -0.15) is 0 Å². The van der Waals surface area contributed by atoms with Crippen molar-refractivity contribution < 1.29 is 9.53 Å². The molecule has 2 rings (SSSR count). The van der Waals surface area contributed by atoms with Gasteiger partial charge in [0.2, 0.25) is 0 Å². The van der Waals surface area contributed by atoms with Crippen LogP contribution in [0.4, 0.5) is 0 Å². The van der Waals surface area contributed by atoms with Crippen LogP contribution in [0.3, 0.4) is 0 Å². The molecule has 28 heavy (non-hydrogen) atoms. The summed E-state index contributed by atoms with van der Waals surface area (Å²) in [6.45, 7) is 3.48. The Morgan fingerprint density at radius 3 is 2.43 bits per heavy atom. The number of unbranched alkanes of at least 4 members (excludes halogenated alkanes) is 3. The molecule has 0 fully saturated rings. The molecule has 0 aliphatic heterocycles.